The molecule has 0 saturated heterocycles. The number of unbranched alkanes of at least 4 members (excludes halogenated alkanes) is 3. The van der Waals surface area contributed by atoms with E-state index in [2.05, 4.69) is 6.92 Å². The van der Waals surface area contributed by atoms with Crippen LogP contribution >= 0.6 is 0 Å². The van der Waals surface area contributed by atoms with Gasteiger partial charge in [0.05, 0.1) is 0 Å². The highest BCUT2D eigenvalue weighted by Gasteiger charge is 2.35. The molecule has 0 aromatic carbocycles. The van der Waals surface area contributed by atoms with Crippen molar-refractivity contribution in [2.24, 2.45) is 11.8 Å². The second kappa shape index (κ2) is 4.53. The number of carbonyl (C=O) groups is 1. The molecular formula is C10H18O. The molecule has 0 aromatic heterocycles. The van der Waals surface area contributed by atoms with Gasteiger partial charge in [-0.25, -0.2) is 0 Å². The van der Waals surface area contributed by atoms with Crippen LogP contribution in [0.4, 0.5) is 0 Å². The van der Waals surface area contributed by atoms with Crippen LogP contribution in [0.2, 0.25) is 0 Å². The van der Waals surface area contributed by atoms with Gasteiger partial charge in [0.25, 0.3) is 0 Å². The Morgan fingerprint density at radius 1 is 1.36 bits per heavy atom. The molecule has 1 nitrogen and oxygen atoms in total. The highest BCUT2D eigenvalue weighted by Crippen LogP contribution is 2.40. The minimum atomic E-state index is 0.441. The molecule has 1 heteroatoms. The van der Waals surface area contributed by atoms with Crippen LogP contribution in [0.15, 0.2) is 0 Å². The number of hydrogen-bond donors (Lipinski definition) is 0. The lowest BCUT2D eigenvalue weighted by Crippen LogP contribution is -1.84. The molecule has 1 saturated carbocycles. The maximum absolute atomic E-state index is 10.3. The Labute approximate surface area is 69.2 Å². The fourth-order valence-corrected chi connectivity index (χ4v) is 1.60. The molecule has 0 aromatic rings. The van der Waals surface area contributed by atoms with Crippen LogP contribution < -0.4 is 0 Å². The van der Waals surface area contributed by atoms with E-state index in [1.165, 1.54) is 38.5 Å². The minimum Gasteiger partial charge on any atom is -0.303 e. The van der Waals surface area contributed by atoms with Crippen LogP contribution in [0.25, 0.3) is 0 Å². The van der Waals surface area contributed by atoms with E-state index in [0.717, 1.165) is 12.2 Å². The van der Waals surface area contributed by atoms with Gasteiger partial charge < -0.3 is 4.79 Å². The number of carbonyl (C=O) groups excluding carboxylic acids is 1. The maximum atomic E-state index is 10.3. The Kier molecular flexibility index (Phi) is 3.61. The summed E-state index contributed by atoms with van der Waals surface area (Å²) in [6.45, 7) is 2.23. The van der Waals surface area contributed by atoms with Crippen LogP contribution in [-0.4, -0.2) is 6.29 Å². The third-order valence-electron chi connectivity index (χ3n) is 2.58. The van der Waals surface area contributed by atoms with Gasteiger partial charge >= 0.3 is 0 Å². The van der Waals surface area contributed by atoms with Gasteiger partial charge in [0, 0.05) is 5.92 Å². The van der Waals surface area contributed by atoms with Gasteiger partial charge in [0.15, 0.2) is 0 Å². The van der Waals surface area contributed by atoms with Crippen molar-refractivity contribution in [1.29, 1.82) is 0 Å². The van der Waals surface area contributed by atoms with E-state index in [-0.39, 0.29) is 0 Å². The van der Waals surface area contributed by atoms with Crippen molar-refractivity contribution in [3.63, 3.8) is 0 Å². The SMILES string of the molecule is CCCCCC[C@@H]1C[C@H]1C=O. The van der Waals surface area contributed by atoms with Gasteiger partial charge in [-0.05, 0) is 18.8 Å². The molecule has 1 fully saturated rings. The Balaban J connectivity index is 1.85. The van der Waals surface area contributed by atoms with Crippen molar-refractivity contribution < 1.29 is 4.79 Å². The summed E-state index contributed by atoms with van der Waals surface area (Å²) in [5.41, 5.74) is 0. The molecule has 1 aliphatic carbocycles. The largest absolute Gasteiger partial charge is 0.303 e. The van der Waals surface area contributed by atoms with Crippen LogP contribution in [0.5, 0.6) is 0 Å². The van der Waals surface area contributed by atoms with Crippen molar-refractivity contribution in [3.05, 3.63) is 0 Å². The quantitative estimate of drug-likeness (QED) is 0.424. The van der Waals surface area contributed by atoms with Crippen molar-refractivity contribution in [2.75, 3.05) is 0 Å². The Morgan fingerprint density at radius 2 is 2.18 bits per heavy atom. The van der Waals surface area contributed by atoms with Crippen LogP contribution in [0, 0.1) is 11.8 Å². The van der Waals surface area contributed by atoms with Gasteiger partial charge in [-0.3, -0.25) is 0 Å². The van der Waals surface area contributed by atoms with Gasteiger partial charge in [-0.1, -0.05) is 32.6 Å². The zero-order valence-electron chi connectivity index (χ0n) is 7.38. The highest BCUT2D eigenvalue weighted by molar-refractivity contribution is 5.58. The number of hydrogen-bond acceptors (Lipinski definition) is 1. The van der Waals surface area contributed by atoms with E-state index in [1.54, 1.807) is 0 Å². The molecule has 2 atom stereocenters. The van der Waals surface area contributed by atoms with Crippen molar-refractivity contribution >= 4 is 6.29 Å². The van der Waals surface area contributed by atoms with Crippen molar-refractivity contribution in [2.45, 2.75) is 45.4 Å². The number of aldehydes is 1. The fraction of sp³-hybridized carbons (Fsp3) is 0.900. The summed E-state index contributed by atoms with van der Waals surface area (Å²) in [6, 6.07) is 0. The molecule has 0 amide bonds. The fourth-order valence-electron chi connectivity index (χ4n) is 1.60. The van der Waals surface area contributed by atoms with E-state index in [0.29, 0.717) is 5.92 Å². The highest BCUT2D eigenvalue weighted by atomic mass is 16.1. The second-order valence-electron chi connectivity index (χ2n) is 3.65. The molecule has 0 heterocycles. The summed E-state index contributed by atoms with van der Waals surface area (Å²) in [4.78, 5) is 10.3. The molecule has 0 radical (unpaired) electrons. The molecule has 0 N–H and O–H groups in total. The van der Waals surface area contributed by atoms with Gasteiger partial charge in [0.1, 0.15) is 6.29 Å². The molecule has 1 rings (SSSR count). The first-order chi connectivity index (χ1) is 5.38. The number of rotatable bonds is 6. The smallest absolute Gasteiger partial charge is 0.123 e. The average Bonchev–Trinajstić information content (AvgIpc) is 2.77. The van der Waals surface area contributed by atoms with E-state index in [9.17, 15) is 4.79 Å². The topological polar surface area (TPSA) is 17.1 Å². The maximum Gasteiger partial charge on any atom is 0.123 e. The molecular weight excluding hydrogens is 136 g/mol. The van der Waals surface area contributed by atoms with Gasteiger partial charge in [-0.15, -0.1) is 0 Å². The molecule has 0 aliphatic heterocycles. The average molecular weight is 154 g/mol. The first-order valence-electron chi connectivity index (χ1n) is 4.83. The van der Waals surface area contributed by atoms with Crippen LogP contribution in [-0.2, 0) is 4.79 Å². The second-order valence-corrected chi connectivity index (χ2v) is 3.65. The standard InChI is InChI=1S/C10H18O/c1-2-3-4-5-6-9-7-10(9)8-11/h8-10H,2-7H2,1H3/t9-,10+/m1/s1. The third kappa shape index (κ3) is 3.04. The van der Waals surface area contributed by atoms with Gasteiger partial charge in [0.2, 0.25) is 0 Å². The zero-order chi connectivity index (χ0) is 8.10. The van der Waals surface area contributed by atoms with Crippen LogP contribution in [0.1, 0.15) is 45.4 Å². The molecule has 1 aliphatic rings. The summed E-state index contributed by atoms with van der Waals surface area (Å²) in [7, 11) is 0. The molecule has 0 bridgehead atoms. The summed E-state index contributed by atoms with van der Waals surface area (Å²) in [5, 5.41) is 0. The Morgan fingerprint density at radius 3 is 2.73 bits per heavy atom. The Bertz CT molecular complexity index is 120. The minimum absolute atomic E-state index is 0.441. The summed E-state index contributed by atoms with van der Waals surface area (Å²) in [5.74, 6) is 1.21. The Hall–Kier alpha value is -0.330. The van der Waals surface area contributed by atoms with E-state index in [1.807, 2.05) is 0 Å². The summed E-state index contributed by atoms with van der Waals surface area (Å²) in [6.07, 6.45) is 8.96. The van der Waals surface area contributed by atoms with Crippen molar-refractivity contribution in [1.82, 2.24) is 0 Å². The molecule has 64 valence electrons. The van der Waals surface area contributed by atoms with Gasteiger partial charge in [-0.2, -0.15) is 0 Å². The van der Waals surface area contributed by atoms with E-state index >= 15 is 0 Å². The normalized spacial score (nSPS) is 28.5. The predicted molar refractivity (Wildman–Crippen MR) is 46.4 cm³/mol. The summed E-state index contributed by atoms with van der Waals surface area (Å²) < 4.78 is 0. The predicted octanol–water partition coefficient (Wildman–Crippen LogP) is 2.79. The molecule has 11 heavy (non-hydrogen) atoms. The third-order valence-corrected chi connectivity index (χ3v) is 2.58. The van der Waals surface area contributed by atoms with E-state index in [4.69, 9.17) is 0 Å². The van der Waals surface area contributed by atoms with Crippen molar-refractivity contribution in [3.8, 4) is 0 Å². The van der Waals surface area contributed by atoms with E-state index < -0.39 is 0 Å². The summed E-state index contributed by atoms with van der Waals surface area (Å²) >= 11 is 0. The lowest BCUT2D eigenvalue weighted by atomic mass is 10.1. The lowest BCUT2D eigenvalue weighted by Gasteiger charge is -1.96. The first-order valence-corrected chi connectivity index (χ1v) is 4.83. The molecule has 0 spiro atoms. The monoisotopic (exact) mass is 154 g/mol. The van der Waals surface area contributed by atoms with Crippen LogP contribution in [0.3, 0.4) is 0 Å². The molecule has 0 unspecified atom stereocenters. The zero-order valence-corrected chi connectivity index (χ0v) is 7.38. The lowest BCUT2D eigenvalue weighted by molar-refractivity contribution is -0.109. The first kappa shape index (κ1) is 8.76.